The lowest BCUT2D eigenvalue weighted by molar-refractivity contribution is -0.137. The van der Waals surface area contributed by atoms with Crippen molar-refractivity contribution in [3.05, 3.63) is 47.5 Å². The third kappa shape index (κ3) is 5.49. The van der Waals surface area contributed by atoms with Crippen LogP contribution in [0.2, 0.25) is 0 Å². The predicted octanol–water partition coefficient (Wildman–Crippen LogP) is 5.26. The van der Waals surface area contributed by atoms with E-state index in [1.807, 2.05) is 29.8 Å². The van der Waals surface area contributed by atoms with Crippen LogP contribution >= 0.6 is 11.3 Å². The van der Waals surface area contributed by atoms with Gasteiger partial charge in [-0.15, -0.1) is 0 Å². The molecule has 0 aliphatic carbocycles. The van der Waals surface area contributed by atoms with Crippen molar-refractivity contribution in [2.45, 2.75) is 19.1 Å². The molecule has 0 radical (unpaired) electrons. The highest BCUT2D eigenvalue weighted by Crippen LogP contribution is 2.35. The smallest absolute Gasteiger partial charge is 0.382 e. The molecule has 34 heavy (non-hydrogen) atoms. The number of aryl methyl sites for hydroxylation is 1. The standard InChI is InChI=1S/C23H26F3N5O2S/c1-14(27-8-9-33-11-10-32-3)15-4-7-19-18(12-15)28-21(31(19)2)30-22-29-17-6-5-16(23(24,25)26)13-20(17)34-22/h4-7,12-14,27H,8-11H2,1-3H3,(H,28,29,30). The second-order valence-electron chi connectivity index (χ2n) is 7.85. The molecule has 4 rings (SSSR count). The molecule has 7 nitrogen and oxygen atoms in total. The summed E-state index contributed by atoms with van der Waals surface area (Å²) in [4.78, 5) is 9.09. The van der Waals surface area contributed by atoms with Crippen LogP contribution in [0, 0.1) is 0 Å². The number of nitrogens with zero attached hydrogens (tertiary/aromatic N) is 3. The number of nitrogens with one attached hydrogen (secondary N) is 2. The zero-order valence-electron chi connectivity index (χ0n) is 19.1. The van der Waals surface area contributed by atoms with E-state index in [0.717, 1.165) is 40.1 Å². The Kier molecular flexibility index (Phi) is 7.36. The van der Waals surface area contributed by atoms with E-state index in [-0.39, 0.29) is 6.04 Å². The lowest BCUT2D eigenvalue weighted by Crippen LogP contribution is -2.23. The van der Waals surface area contributed by atoms with Crippen molar-refractivity contribution in [1.82, 2.24) is 19.9 Å². The van der Waals surface area contributed by atoms with Gasteiger partial charge in [0.1, 0.15) is 0 Å². The van der Waals surface area contributed by atoms with E-state index in [2.05, 4.69) is 27.5 Å². The molecule has 0 saturated heterocycles. The van der Waals surface area contributed by atoms with Gasteiger partial charge in [-0.25, -0.2) is 9.97 Å². The molecule has 1 atom stereocenters. The van der Waals surface area contributed by atoms with E-state index in [1.165, 1.54) is 6.07 Å². The minimum Gasteiger partial charge on any atom is -0.382 e. The van der Waals surface area contributed by atoms with Crippen LogP contribution in [0.25, 0.3) is 21.3 Å². The molecular weight excluding hydrogens is 467 g/mol. The number of ether oxygens (including phenoxy) is 2. The average Bonchev–Trinajstić information content (AvgIpc) is 3.34. The van der Waals surface area contributed by atoms with Gasteiger partial charge in [-0.2, -0.15) is 13.2 Å². The first kappa shape index (κ1) is 24.4. The number of hydrogen-bond donors (Lipinski definition) is 2. The molecule has 0 amide bonds. The average molecular weight is 494 g/mol. The molecule has 1 unspecified atom stereocenters. The highest BCUT2D eigenvalue weighted by molar-refractivity contribution is 7.22. The van der Waals surface area contributed by atoms with Crippen molar-refractivity contribution in [3.63, 3.8) is 0 Å². The second kappa shape index (κ2) is 10.3. The largest absolute Gasteiger partial charge is 0.416 e. The third-order valence-electron chi connectivity index (χ3n) is 5.47. The number of anilines is 2. The Hall–Kier alpha value is -2.73. The van der Waals surface area contributed by atoms with Gasteiger partial charge in [-0.3, -0.25) is 0 Å². The second-order valence-corrected chi connectivity index (χ2v) is 8.88. The van der Waals surface area contributed by atoms with E-state index in [0.29, 0.717) is 47.7 Å². The lowest BCUT2D eigenvalue weighted by Gasteiger charge is -2.14. The van der Waals surface area contributed by atoms with E-state index < -0.39 is 11.7 Å². The number of halogens is 3. The van der Waals surface area contributed by atoms with Crippen LogP contribution in [0.3, 0.4) is 0 Å². The van der Waals surface area contributed by atoms with Gasteiger partial charge in [0.25, 0.3) is 0 Å². The molecule has 2 aromatic heterocycles. The van der Waals surface area contributed by atoms with Gasteiger partial charge in [0.05, 0.1) is 46.6 Å². The molecule has 2 heterocycles. The number of hydrogen-bond acceptors (Lipinski definition) is 7. The van der Waals surface area contributed by atoms with Gasteiger partial charge in [-0.1, -0.05) is 17.4 Å². The first-order chi connectivity index (χ1) is 16.3. The molecule has 0 aliphatic rings. The zero-order chi connectivity index (χ0) is 24.3. The maximum absolute atomic E-state index is 13.0. The van der Waals surface area contributed by atoms with Gasteiger partial charge in [0.15, 0.2) is 5.13 Å². The SMILES string of the molecule is COCCOCCNC(C)c1ccc2c(c1)nc(Nc1nc3ccc(C(F)(F)F)cc3s1)n2C. The van der Waals surface area contributed by atoms with Crippen molar-refractivity contribution < 1.29 is 22.6 Å². The lowest BCUT2D eigenvalue weighted by atomic mass is 10.1. The third-order valence-corrected chi connectivity index (χ3v) is 6.40. The Balaban J connectivity index is 1.47. The number of fused-ring (bicyclic) bond motifs is 2. The molecule has 0 saturated carbocycles. The Bertz CT molecular complexity index is 1270. The normalized spacial score (nSPS) is 13.1. The summed E-state index contributed by atoms with van der Waals surface area (Å²) in [6.07, 6.45) is -4.39. The molecule has 11 heteroatoms. The fraction of sp³-hybridized carbons (Fsp3) is 0.391. The summed E-state index contributed by atoms with van der Waals surface area (Å²) in [5, 5.41) is 7.06. The maximum atomic E-state index is 13.0. The molecular formula is C23H26F3N5O2S. The summed E-state index contributed by atoms with van der Waals surface area (Å²) in [5.41, 5.74) is 2.66. The molecule has 0 bridgehead atoms. The number of methoxy groups -OCH3 is 1. The number of benzene rings is 2. The van der Waals surface area contributed by atoms with Crippen LogP contribution in [0.1, 0.15) is 24.1 Å². The minimum absolute atomic E-state index is 0.112. The number of aromatic nitrogens is 3. The quantitative estimate of drug-likeness (QED) is 0.294. The molecule has 0 spiro atoms. The van der Waals surface area contributed by atoms with Crippen LogP contribution in [0.15, 0.2) is 36.4 Å². The molecule has 4 aromatic rings. The van der Waals surface area contributed by atoms with E-state index in [4.69, 9.17) is 9.47 Å². The molecule has 2 N–H and O–H groups in total. The molecule has 182 valence electrons. The van der Waals surface area contributed by atoms with E-state index >= 15 is 0 Å². The van der Waals surface area contributed by atoms with Crippen molar-refractivity contribution in [2.24, 2.45) is 7.05 Å². The molecule has 0 aliphatic heterocycles. The van der Waals surface area contributed by atoms with Crippen LogP contribution in [-0.4, -0.2) is 48.0 Å². The first-order valence-corrected chi connectivity index (χ1v) is 11.6. The fourth-order valence-electron chi connectivity index (χ4n) is 3.56. The van der Waals surface area contributed by atoms with Crippen molar-refractivity contribution in [2.75, 3.05) is 38.8 Å². The number of rotatable bonds is 10. The Morgan fingerprint density at radius 1 is 1.06 bits per heavy atom. The summed E-state index contributed by atoms with van der Waals surface area (Å²) in [6, 6.07) is 9.74. The Labute approximate surface area is 198 Å². The van der Waals surface area contributed by atoms with Gasteiger partial charge in [0.2, 0.25) is 5.95 Å². The maximum Gasteiger partial charge on any atom is 0.416 e. The van der Waals surface area contributed by atoms with Crippen molar-refractivity contribution in [3.8, 4) is 0 Å². The monoisotopic (exact) mass is 493 g/mol. The van der Waals surface area contributed by atoms with Gasteiger partial charge < -0.3 is 24.7 Å². The first-order valence-electron chi connectivity index (χ1n) is 10.8. The fourth-order valence-corrected chi connectivity index (χ4v) is 4.46. The number of thiazole rings is 1. The van der Waals surface area contributed by atoms with Gasteiger partial charge >= 0.3 is 6.18 Å². The zero-order valence-corrected chi connectivity index (χ0v) is 19.9. The van der Waals surface area contributed by atoms with Crippen LogP contribution in [0.5, 0.6) is 0 Å². The highest BCUT2D eigenvalue weighted by Gasteiger charge is 2.30. The molecule has 0 fully saturated rings. The van der Waals surface area contributed by atoms with Crippen LogP contribution < -0.4 is 10.6 Å². The topological polar surface area (TPSA) is 73.2 Å². The number of imidazole rings is 1. The van der Waals surface area contributed by atoms with Crippen molar-refractivity contribution in [1.29, 1.82) is 0 Å². The Morgan fingerprint density at radius 3 is 2.65 bits per heavy atom. The van der Waals surface area contributed by atoms with Crippen LogP contribution in [-0.2, 0) is 22.7 Å². The summed E-state index contributed by atoms with van der Waals surface area (Å²) >= 11 is 1.16. The highest BCUT2D eigenvalue weighted by atomic mass is 32.1. The number of alkyl halides is 3. The van der Waals surface area contributed by atoms with E-state index in [1.54, 1.807) is 7.11 Å². The Morgan fingerprint density at radius 2 is 1.88 bits per heavy atom. The van der Waals surface area contributed by atoms with Gasteiger partial charge in [-0.05, 0) is 42.8 Å². The van der Waals surface area contributed by atoms with Crippen molar-refractivity contribution >= 4 is 43.7 Å². The summed E-state index contributed by atoms with van der Waals surface area (Å²) in [7, 11) is 3.52. The predicted molar refractivity (Wildman–Crippen MR) is 128 cm³/mol. The summed E-state index contributed by atoms with van der Waals surface area (Å²) in [6.45, 7) is 4.54. The van der Waals surface area contributed by atoms with E-state index in [9.17, 15) is 13.2 Å². The summed E-state index contributed by atoms with van der Waals surface area (Å²) < 4.78 is 51.8. The van der Waals surface area contributed by atoms with Gasteiger partial charge in [0, 0.05) is 26.7 Å². The minimum atomic E-state index is -4.39. The summed E-state index contributed by atoms with van der Waals surface area (Å²) in [5.74, 6) is 0.564. The molecule has 2 aromatic carbocycles. The van der Waals surface area contributed by atoms with Crippen LogP contribution in [0.4, 0.5) is 24.3 Å².